The molecule has 1 aliphatic heterocycles. The van der Waals surface area contributed by atoms with Crippen LogP contribution in [0.25, 0.3) is 21.3 Å². The summed E-state index contributed by atoms with van der Waals surface area (Å²) < 4.78 is 1.76. The first-order chi connectivity index (χ1) is 13.2. The Bertz CT molecular complexity index is 1130. The fourth-order valence-electron chi connectivity index (χ4n) is 4.85. The standard InChI is InChI=1S/C21H23ClN4OS/c1-10-15-16(12-6-23-25(5)7-12)18(28-19(15)24-11(2)17(10)22)20(27)26-8-13-14(9-26)21(13,3)4/h6-7,13-14H,8-9H2,1-5H3. The molecule has 2 aliphatic rings. The molecule has 3 aromatic heterocycles. The third-order valence-corrected chi connectivity index (χ3v) is 8.41. The zero-order chi connectivity index (χ0) is 20.0. The molecule has 0 N–H and O–H groups in total. The summed E-state index contributed by atoms with van der Waals surface area (Å²) in [6, 6.07) is 0. The van der Waals surface area contributed by atoms with E-state index in [1.54, 1.807) is 4.68 Å². The molecule has 0 spiro atoms. The van der Waals surface area contributed by atoms with Crippen LogP contribution >= 0.6 is 22.9 Å². The zero-order valence-corrected chi connectivity index (χ0v) is 18.3. The van der Waals surface area contributed by atoms with Crippen LogP contribution in [0.3, 0.4) is 0 Å². The predicted molar refractivity (Wildman–Crippen MR) is 113 cm³/mol. The molecule has 0 bridgehead atoms. The monoisotopic (exact) mass is 414 g/mol. The highest BCUT2D eigenvalue weighted by Crippen LogP contribution is 2.62. The van der Waals surface area contributed by atoms with E-state index in [1.165, 1.54) is 11.3 Å². The Hall–Kier alpha value is -1.92. The van der Waals surface area contributed by atoms with Crippen LogP contribution in [0.2, 0.25) is 5.02 Å². The normalized spacial score (nSPS) is 22.7. The lowest BCUT2D eigenvalue weighted by Gasteiger charge is -2.22. The Balaban J connectivity index is 1.66. The molecule has 5 nitrogen and oxygen atoms in total. The number of piperidine rings is 1. The number of rotatable bonds is 2. The van der Waals surface area contributed by atoms with E-state index in [4.69, 9.17) is 16.6 Å². The van der Waals surface area contributed by atoms with Crippen LogP contribution in [-0.2, 0) is 7.05 Å². The lowest BCUT2D eigenvalue weighted by Crippen LogP contribution is -2.32. The average molecular weight is 415 g/mol. The molecule has 2 atom stereocenters. The van der Waals surface area contributed by atoms with E-state index >= 15 is 0 Å². The summed E-state index contributed by atoms with van der Waals surface area (Å²) >= 11 is 8.00. The van der Waals surface area contributed by atoms with Gasteiger partial charge >= 0.3 is 0 Å². The first-order valence-corrected chi connectivity index (χ1v) is 10.8. The van der Waals surface area contributed by atoms with Crippen LogP contribution in [0.15, 0.2) is 12.4 Å². The number of carbonyl (C=O) groups excluding carboxylic acids is 1. The highest BCUT2D eigenvalue weighted by atomic mass is 35.5. The molecule has 0 aromatic carbocycles. The van der Waals surface area contributed by atoms with Crippen molar-refractivity contribution in [1.29, 1.82) is 0 Å². The van der Waals surface area contributed by atoms with Crippen LogP contribution < -0.4 is 0 Å². The van der Waals surface area contributed by atoms with Crippen molar-refractivity contribution in [2.24, 2.45) is 24.3 Å². The molecule has 1 saturated carbocycles. The van der Waals surface area contributed by atoms with Crippen molar-refractivity contribution in [1.82, 2.24) is 19.7 Å². The minimum atomic E-state index is 0.109. The third kappa shape index (κ3) is 2.40. The van der Waals surface area contributed by atoms with E-state index in [2.05, 4.69) is 18.9 Å². The molecule has 5 rings (SSSR count). The number of hydrogen-bond acceptors (Lipinski definition) is 4. The second-order valence-corrected chi connectivity index (χ2v) is 10.1. The van der Waals surface area contributed by atoms with Gasteiger partial charge in [0.1, 0.15) is 9.71 Å². The molecule has 3 aromatic rings. The Labute approximate surface area is 173 Å². The van der Waals surface area contributed by atoms with Gasteiger partial charge in [0.25, 0.3) is 5.91 Å². The quantitative estimate of drug-likeness (QED) is 0.611. The number of aromatic nitrogens is 3. The van der Waals surface area contributed by atoms with Crippen LogP contribution in [0, 0.1) is 31.1 Å². The maximum absolute atomic E-state index is 13.5. The van der Waals surface area contributed by atoms with Crippen molar-refractivity contribution >= 4 is 39.1 Å². The maximum atomic E-state index is 13.5. The molecule has 28 heavy (non-hydrogen) atoms. The van der Waals surface area contributed by atoms with Gasteiger partial charge in [0.05, 0.1) is 16.9 Å². The predicted octanol–water partition coefficient (Wildman–Crippen LogP) is 4.70. The fraction of sp³-hybridized carbons (Fsp3) is 0.476. The van der Waals surface area contributed by atoms with E-state index < -0.39 is 0 Å². The van der Waals surface area contributed by atoms with Crippen molar-refractivity contribution < 1.29 is 4.79 Å². The molecule has 1 amide bonds. The summed E-state index contributed by atoms with van der Waals surface area (Å²) in [6.45, 7) is 10.2. The smallest absolute Gasteiger partial charge is 0.264 e. The number of pyridine rings is 1. The first kappa shape index (κ1) is 18.1. The highest BCUT2D eigenvalue weighted by molar-refractivity contribution is 7.21. The van der Waals surface area contributed by atoms with Gasteiger partial charge in [-0.05, 0) is 36.7 Å². The second kappa shape index (κ2) is 5.80. The molecule has 2 unspecified atom stereocenters. The highest BCUT2D eigenvalue weighted by Gasteiger charge is 2.62. The zero-order valence-electron chi connectivity index (χ0n) is 16.7. The Morgan fingerprint density at radius 1 is 1.29 bits per heavy atom. The molecule has 146 valence electrons. The molecule has 1 saturated heterocycles. The minimum Gasteiger partial charge on any atom is -0.337 e. The van der Waals surface area contributed by atoms with Crippen LogP contribution in [-0.4, -0.2) is 38.7 Å². The van der Waals surface area contributed by atoms with E-state index in [0.717, 1.165) is 50.6 Å². The lowest BCUT2D eigenvalue weighted by atomic mass is 10.0. The van der Waals surface area contributed by atoms with Gasteiger partial charge in [0, 0.05) is 42.8 Å². The van der Waals surface area contributed by atoms with Gasteiger partial charge < -0.3 is 4.90 Å². The number of halogens is 1. The van der Waals surface area contributed by atoms with Gasteiger partial charge in [-0.25, -0.2) is 4.98 Å². The number of carbonyl (C=O) groups is 1. The van der Waals surface area contributed by atoms with Crippen LogP contribution in [0.4, 0.5) is 0 Å². The number of nitrogens with zero attached hydrogens (tertiary/aromatic N) is 4. The largest absolute Gasteiger partial charge is 0.337 e. The maximum Gasteiger partial charge on any atom is 0.264 e. The summed E-state index contributed by atoms with van der Waals surface area (Å²) in [4.78, 5) is 21.9. The number of hydrogen-bond donors (Lipinski definition) is 0. The molecule has 1 aliphatic carbocycles. The van der Waals surface area contributed by atoms with Crippen molar-refractivity contribution in [2.75, 3.05) is 13.1 Å². The van der Waals surface area contributed by atoms with Crippen molar-refractivity contribution in [3.8, 4) is 11.1 Å². The summed E-state index contributed by atoms with van der Waals surface area (Å²) in [7, 11) is 1.89. The fourth-order valence-corrected chi connectivity index (χ4v) is 6.25. The summed E-state index contributed by atoms with van der Waals surface area (Å²) in [5.74, 6) is 1.37. The second-order valence-electron chi connectivity index (χ2n) is 8.77. The number of likely N-dealkylation sites (tertiary alicyclic amines) is 1. The number of fused-ring (bicyclic) bond motifs is 2. The van der Waals surface area contributed by atoms with Crippen molar-refractivity contribution in [3.05, 3.63) is 33.6 Å². The van der Waals surface area contributed by atoms with E-state index in [9.17, 15) is 4.79 Å². The van der Waals surface area contributed by atoms with Crippen LogP contribution in [0.5, 0.6) is 0 Å². The molecular weight excluding hydrogens is 392 g/mol. The average Bonchev–Trinajstić information content (AvgIpc) is 3.17. The number of aryl methyl sites for hydroxylation is 3. The summed E-state index contributed by atoms with van der Waals surface area (Å²) in [6.07, 6.45) is 3.77. The van der Waals surface area contributed by atoms with Gasteiger partial charge in [-0.2, -0.15) is 5.10 Å². The first-order valence-electron chi connectivity index (χ1n) is 9.57. The van der Waals surface area contributed by atoms with E-state index in [-0.39, 0.29) is 5.91 Å². The van der Waals surface area contributed by atoms with Gasteiger partial charge in [-0.3, -0.25) is 9.48 Å². The molecule has 2 fully saturated rings. The van der Waals surface area contributed by atoms with Crippen molar-refractivity contribution in [2.45, 2.75) is 27.7 Å². The van der Waals surface area contributed by atoms with Gasteiger partial charge in [0.2, 0.25) is 0 Å². The molecule has 7 heteroatoms. The van der Waals surface area contributed by atoms with Crippen LogP contribution in [0.1, 0.15) is 34.8 Å². The van der Waals surface area contributed by atoms with Gasteiger partial charge in [-0.1, -0.05) is 25.4 Å². The van der Waals surface area contributed by atoms with Gasteiger partial charge in [0.15, 0.2) is 0 Å². The lowest BCUT2D eigenvalue weighted by molar-refractivity contribution is 0.0763. The molecule has 0 radical (unpaired) electrons. The molecular formula is C21H23ClN4OS. The number of amides is 1. The van der Waals surface area contributed by atoms with E-state index in [1.807, 2.05) is 38.2 Å². The SMILES string of the molecule is Cc1nc2sc(C(=O)N3CC4C(C3)C4(C)C)c(-c3cnn(C)c3)c2c(C)c1Cl. The van der Waals surface area contributed by atoms with E-state index in [0.29, 0.717) is 22.3 Å². The Morgan fingerprint density at radius 2 is 1.96 bits per heavy atom. The molecule has 4 heterocycles. The third-order valence-electron chi connectivity index (χ3n) is 6.78. The minimum absolute atomic E-state index is 0.109. The topological polar surface area (TPSA) is 51.0 Å². The summed E-state index contributed by atoms with van der Waals surface area (Å²) in [5, 5.41) is 5.97. The van der Waals surface area contributed by atoms with Gasteiger partial charge in [-0.15, -0.1) is 11.3 Å². The Morgan fingerprint density at radius 3 is 2.57 bits per heavy atom. The van der Waals surface area contributed by atoms with Crippen molar-refractivity contribution in [3.63, 3.8) is 0 Å². The summed E-state index contributed by atoms with van der Waals surface area (Å²) in [5.41, 5.74) is 4.01. The Kier molecular flexibility index (Phi) is 3.75. The number of thiophene rings is 1.